The minimum absolute atomic E-state index is 0.857. The fourth-order valence-corrected chi connectivity index (χ4v) is 3.05. The lowest BCUT2D eigenvalue weighted by molar-refractivity contribution is -0.00304. The summed E-state index contributed by atoms with van der Waals surface area (Å²) in [6.07, 6.45) is 9.00. The molecule has 0 aliphatic heterocycles. The van der Waals surface area contributed by atoms with Gasteiger partial charge in [-0.15, -0.1) is 0 Å². The molecule has 2 unspecified atom stereocenters. The maximum atomic E-state index is 3.76. The Morgan fingerprint density at radius 1 is 1.25 bits per heavy atom. The van der Waals surface area contributed by atoms with E-state index in [-0.39, 0.29) is 0 Å². The van der Waals surface area contributed by atoms with Gasteiger partial charge in [0.1, 0.15) is 0 Å². The lowest BCUT2D eigenvalue weighted by Crippen LogP contribution is -2.52. The minimum atomic E-state index is 0.857. The molecule has 0 bridgehead atoms. The monoisotopic (exact) mass is 165 g/mol. The Labute approximate surface area is 74.9 Å². The van der Waals surface area contributed by atoms with Crippen molar-refractivity contribution in [3.63, 3.8) is 0 Å². The van der Waals surface area contributed by atoms with E-state index in [9.17, 15) is 0 Å². The average Bonchev–Trinajstić information content (AvgIpc) is 2.52. The summed E-state index contributed by atoms with van der Waals surface area (Å²) in [6.45, 7) is 2.36. The van der Waals surface area contributed by atoms with Crippen molar-refractivity contribution in [2.45, 2.75) is 57.5 Å². The van der Waals surface area contributed by atoms with E-state index in [0.717, 1.165) is 23.4 Å². The van der Waals surface area contributed by atoms with E-state index in [1.165, 1.54) is 38.5 Å². The fraction of sp³-hybridized carbons (Fsp3) is 1.00. The zero-order valence-electron chi connectivity index (χ0n) is 7.97. The molecule has 68 valence electrons. The van der Waals surface area contributed by atoms with Crippen LogP contribution in [-0.4, -0.2) is 12.1 Å². The van der Waals surface area contributed by atoms with E-state index in [4.69, 9.17) is 0 Å². The van der Waals surface area contributed by atoms with Gasteiger partial charge in [-0.3, -0.25) is 0 Å². The van der Waals surface area contributed by atoms with Gasteiger partial charge in [-0.1, -0.05) is 13.3 Å². The molecule has 3 fully saturated rings. The molecule has 0 saturated heterocycles. The van der Waals surface area contributed by atoms with Crippen LogP contribution >= 0.6 is 0 Å². The lowest BCUT2D eigenvalue weighted by Gasteiger charge is -2.54. The Morgan fingerprint density at radius 2 is 1.92 bits per heavy atom. The highest BCUT2D eigenvalue weighted by Crippen LogP contribution is 2.56. The maximum Gasteiger partial charge on any atom is 0.00989 e. The van der Waals surface area contributed by atoms with Crippen molar-refractivity contribution >= 4 is 0 Å². The third-order valence-corrected chi connectivity index (χ3v) is 4.33. The predicted octanol–water partition coefficient (Wildman–Crippen LogP) is 2.32. The third-order valence-electron chi connectivity index (χ3n) is 4.33. The second kappa shape index (κ2) is 2.25. The number of rotatable bonds is 2. The standard InChI is InChI=1S/C11H19N/c1-8-5-10(8)12-9-6-11(7-9)3-2-4-11/h8-10,12H,2-7H2,1H3. The summed E-state index contributed by atoms with van der Waals surface area (Å²) in [4.78, 5) is 0. The smallest absolute Gasteiger partial charge is 0.00989 e. The third kappa shape index (κ3) is 1.02. The van der Waals surface area contributed by atoms with E-state index in [0.29, 0.717) is 0 Å². The van der Waals surface area contributed by atoms with Gasteiger partial charge in [-0.25, -0.2) is 0 Å². The molecule has 3 aliphatic rings. The second-order valence-corrected chi connectivity index (χ2v) is 5.44. The maximum absolute atomic E-state index is 3.76. The van der Waals surface area contributed by atoms with Crippen LogP contribution in [-0.2, 0) is 0 Å². The first-order valence-corrected chi connectivity index (χ1v) is 5.54. The molecule has 3 aliphatic carbocycles. The minimum Gasteiger partial charge on any atom is -0.311 e. The Balaban J connectivity index is 1.44. The topological polar surface area (TPSA) is 12.0 Å². The van der Waals surface area contributed by atoms with Crippen LogP contribution in [0.2, 0.25) is 0 Å². The molecule has 1 heteroatoms. The molecule has 0 amide bonds. The number of hydrogen-bond donors (Lipinski definition) is 1. The average molecular weight is 165 g/mol. The Hall–Kier alpha value is -0.0400. The molecule has 1 N–H and O–H groups in total. The van der Waals surface area contributed by atoms with Gasteiger partial charge in [0.25, 0.3) is 0 Å². The molecule has 3 saturated carbocycles. The van der Waals surface area contributed by atoms with E-state index >= 15 is 0 Å². The molecule has 0 heterocycles. The van der Waals surface area contributed by atoms with Gasteiger partial charge < -0.3 is 5.32 Å². The molecule has 0 radical (unpaired) electrons. The van der Waals surface area contributed by atoms with Gasteiger partial charge in [0.2, 0.25) is 0 Å². The Bertz CT molecular complexity index is 184. The van der Waals surface area contributed by atoms with E-state index < -0.39 is 0 Å². The van der Waals surface area contributed by atoms with Crippen molar-refractivity contribution in [2.75, 3.05) is 0 Å². The van der Waals surface area contributed by atoms with Gasteiger partial charge in [0.15, 0.2) is 0 Å². The quantitative estimate of drug-likeness (QED) is 0.662. The van der Waals surface area contributed by atoms with Crippen LogP contribution in [0.15, 0.2) is 0 Å². The highest BCUT2D eigenvalue weighted by molar-refractivity contribution is 5.05. The van der Waals surface area contributed by atoms with Crippen LogP contribution in [0, 0.1) is 11.3 Å². The van der Waals surface area contributed by atoms with Gasteiger partial charge in [0, 0.05) is 12.1 Å². The predicted molar refractivity (Wildman–Crippen MR) is 50.0 cm³/mol. The largest absolute Gasteiger partial charge is 0.311 e. The Morgan fingerprint density at radius 3 is 2.33 bits per heavy atom. The first-order valence-electron chi connectivity index (χ1n) is 5.54. The van der Waals surface area contributed by atoms with Crippen molar-refractivity contribution in [1.82, 2.24) is 5.32 Å². The molecule has 0 aromatic heterocycles. The highest BCUT2D eigenvalue weighted by atomic mass is 15.0. The molecule has 0 aromatic rings. The fourth-order valence-electron chi connectivity index (χ4n) is 3.05. The zero-order chi connectivity index (χ0) is 8.18. The SMILES string of the molecule is CC1CC1NC1CC2(CCC2)C1. The summed E-state index contributed by atoms with van der Waals surface area (Å²) in [5, 5.41) is 3.76. The van der Waals surface area contributed by atoms with Gasteiger partial charge in [-0.2, -0.15) is 0 Å². The van der Waals surface area contributed by atoms with Gasteiger partial charge in [0.05, 0.1) is 0 Å². The van der Waals surface area contributed by atoms with Crippen LogP contribution < -0.4 is 5.32 Å². The molecule has 1 nitrogen and oxygen atoms in total. The van der Waals surface area contributed by atoms with E-state index in [1.54, 1.807) is 0 Å². The first kappa shape index (κ1) is 7.37. The van der Waals surface area contributed by atoms with Crippen molar-refractivity contribution in [2.24, 2.45) is 11.3 Å². The van der Waals surface area contributed by atoms with Crippen LogP contribution in [0.3, 0.4) is 0 Å². The first-order chi connectivity index (χ1) is 5.77. The number of nitrogens with one attached hydrogen (secondary N) is 1. The Kier molecular flexibility index (Phi) is 1.39. The summed E-state index contributed by atoms with van der Waals surface area (Å²) in [6, 6.07) is 1.80. The summed E-state index contributed by atoms with van der Waals surface area (Å²) >= 11 is 0. The molecule has 0 aromatic carbocycles. The van der Waals surface area contributed by atoms with Crippen LogP contribution in [0.1, 0.15) is 45.4 Å². The van der Waals surface area contributed by atoms with Crippen molar-refractivity contribution in [1.29, 1.82) is 0 Å². The summed E-state index contributed by atoms with van der Waals surface area (Å²) in [7, 11) is 0. The molecule has 12 heavy (non-hydrogen) atoms. The molecular formula is C11H19N. The molecule has 2 atom stereocenters. The number of hydrogen-bond acceptors (Lipinski definition) is 1. The van der Waals surface area contributed by atoms with Crippen molar-refractivity contribution in [3.8, 4) is 0 Å². The molecular weight excluding hydrogens is 146 g/mol. The summed E-state index contributed by atoms with van der Waals surface area (Å²) < 4.78 is 0. The second-order valence-electron chi connectivity index (χ2n) is 5.44. The van der Waals surface area contributed by atoms with E-state index in [1.807, 2.05) is 0 Å². The van der Waals surface area contributed by atoms with Crippen LogP contribution in [0.5, 0.6) is 0 Å². The summed E-state index contributed by atoms with van der Waals surface area (Å²) in [5.74, 6) is 0.975. The van der Waals surface area contributed by atoms with Crippen LogP contribution in [0.4, 0.5) is 0 Å². The highest BCUT2D eigenvalue weighted by Gasteiger charge is 2.49. The lowest BCUT2D eigenvalue weighted by atomic mass is 9.54. The molecule has 3 rings (SSSR count). The van der Waals surface area contributed by atoms with Gasteiger partial charge >= 0.3 is 0 Å². The van der Waals surface area contributed by atoms with Crippen molar-refractivity contribution in [3.05, 3.63) is 0 Å². The summed E-state index contributed by atoms with van der Waals surface area (Å²) in [5.41, 5.74) is 0.857. The normalized spacial score (nSPS) is 43.8. The van der Waals surface area contributed by atoms with Crippen molar-refractivity contribution < 1.29 is 0 Å². The zero-order valence-corrected chi connectivity index (χ0v) is 7.97. The van der Waals surface area contributed by atoms with Crippen LogP contribution in [0.25, 0.3) is 0 Å². The van der Waals surface area contributed by atoms with E-state index in [2.05, 4.69) is 12.2 Å². The molecule has 1 spiro atoms. The van der Waals surface area contributed by atoms with Gasteiger partial charge in [-0.05, 0) is 43.4 Å².